The third-order valence-corrected chi connectivity index (χ3v) is 4.68. The quantitative estimate of drug-likeness (QED) is 0.905. The van der Waals surface area contributed by atoms with Crippen LogP contribution in [0.3, 0.4) is 0 Å². The molecule has 1 fully saturated rings. The molecule has 0 saturated heterocycles. The molecule has 1 heterocycles. The van der Waals surface area contributed by atoms with Crippen molar-refractivity contribution in [3.8, 4) is 11.5 Å². The number of halogens is 1. The average molecular weight is 282 g/mol. The van der Waals surface area contributed by atoms with Crippen LogP contribution in [0.25, 0.3) is 0 Å². The fourth-order valence-electron chi connectivity index (χ4n) is 3.11. The van der Waals surface area contributed by atoms with Gasteiger partial charge in [0.2, 0.25) is 0 Å². The van der Waals surface area contributed by atoms with Gasteiger partial charge in [0.25, 0.3) is 0 Å². The Hall–Kier alpha value is -0.930. The Morgan fingerprint density at radius 1 is 1.32 bits per heavy atom. The molecule has 3 rings (SSSR count). The largest absolute Gasteiger partial charge is 0.489 e. The van der Waals surface area contributed by atoms with E-state index >= 15 is 0 Å². The summed E-state index contributed by atoms with van der Waals surface area (Å²) >= 11 is 6.50. The van der Waals surface area contributed by atoms with Crippen LogP contribution in [-0.2, 0) is 5.41 Å². The first-order valence-electron chi connectivity index (χ1n) is 6.91. The van der Waals surface area contributed by atoms with E-state index in [1.807, 2.05) is 6.07 Å². The molecule has 1 aliphatic carbocycles. The number of ether oxygens (including phenoxy) is 2. The molecule has 0 aromatic heterocycles. The van der Waals surface area contributed by atoms with Crippen molar-refractivity contribution in [3.05, 3.63) is 22.2 Å². The lowest BCUT2D eigenvalue weighted by atomic mass is 9.86. The van der Waals surface area contributed by atoms with Crippen molar-refractivity contribution in [1.29, 1.82) is 0 Å². The summed E-state index contributed by atoms with van der Waals surface area (Å²) in [5.74, 6) is 1.62. The monoisotopic (exact) mass is 281 g/mol. The molecule has 1 saturated carbocycles. The van der Waals surface area contributed by atoms with Crippen LogP contribution in [-0.4, -0.2) is 19.3 Å². The minimum absolute atomic E-state index is 0.0336. The lowest BCUT2D eigenvalue weighted by Gasteiger charge is -2.25. The fourth-order valence-corrected chi connectivity index (χ4v) is 3.54. The van der Waals surface area contributed by atoms with Gasteiger partial charge in [-0.25, -0.2) is 0 Å². The molecule has 0 radical (unpaired) electrons. The SMILES string of the molecule is Cc1c2c(cc(Cl)c1C1(C(C)N)CC1)OCCCO2. The minimum atomic E-state index is 0.0336. The van der Waals surface area contributed by atoms with E-state index in [1.165, 1.54) is 0 Å². The van der Waals surface area contributed by atoms with E-state index in [-0.39, 0.29) is 11.5 Å². The zero-order chi connectivity index (χ0) is 13.6. The third-order valence-electron chi connectivity index (χ3n) is 4.39. The molecule has 2 aliphatic rings. The number of rotatable bonds is 2. The molecule has 4 heteroatoms. The van der Waals surface area contributed by atoms with Crippen LogP contribution in [0.2, 0.25) is 5.02 Å². The van der Waals surface area contributed by atoms with Crippen molar-refractivity contribution in [2.24, 2.45) is 5.73 Å². The van der Waals surface area contributed by atoms with Crippen LogP contribution in [0.1, 0.15) is 37.3 Å². The second-order valence-electron chi connectivity index (χ2n) is 5.68. The predicted molar refractivity (Wildman–Crippen MR) is 76.4 cm³/mol. The van der Waals surface area contributed by atoms with E-state index in [4.69, 9.17) is 26.8 Å². The first-order chi connectivity index (χ1) is 9.06. The van der Waals surface area contributed by atoms with Crippen molar-refractivity contribution >= 4 is 11.6 Å². The Balaban J connectivity index is 2.14. The number of benzene rings is 1. The smallest absolute Gasteiger partial charge is 0.164 e. The van der Waals surface area contributed by atoms with Crippen molar-refractivity contribution in [3.63, 3.8) is 0 Å². The summed E-state index contributed by atoms with van der Waals surface area (Å²) in [4.78, 5) is 0. The molecular formula is C15H20ClNO2. The first-order valence-corrected chi connectivity index (χ1v) is 7.29. The fraction of sp³-hybridized carbons (Fsp3) is 0.600. The predicted octanol–water partition coefficient (Wildman–Crippen LogP) is 3.19. The molecule has 104 valence electrons. The molecule has 1 aromatic rings. The van der Waals surface area contributed by atoms with Crippen molar-refractivity contribution in [1.82, 2.24) is 0 Å². The molecule has 19 heavy (non-hydrogen) atoms. The maximum absolute atomic E-state index is 6.50. The zero-order valence-electron chi connectivity index (χ0n) is 11.5. The van der Waals surface area contributed by atoms with E-state index in [2.05, 4.69) is 13.8 Å². The number of fused-ring (bicyclic) bond motifs is 1. The van der Waals surface area contributed by atoms with Gasteiger partial charge in [0.05, 0.1) is 13.2 Å². The van der Waals surface area contributed by atoms with E-state index < -0.39 is 0 Å². The second-order valence-corrected chi connectivity index (χ2v) is 6.09. The number of nitrogens with two attached hydrogens (primary N) is 1. The average Bonchev–Trinajstić information content (AvgIpc) is 3.13. The van der Waals surface area contributed by atoms with Gasteiger partial charge < -0.3 is 15.2 Å². The van der Waals surface area contributed by atoms with Crippen molar-refractivity contribution in [2.75, 3.05) is 13.2 Å². The molecular weight excluding hydrogens is 262 g/mol. The first kappa shape index (κ1) is 13.1. The van der Waals surface area contributed by atoms with E-state index in [1.54, 1.807) is 0 Å². The highest BCUT2D eigenvalue weighted by molar-refractivity contribution is 6.32. The normalized spacial score (nSPS) is 21.7. The van der Waals surface area contributed by atoms with Gasteiger partial charge in [-0.05, 0) is 32.3 Å². The summed E-state index contributed by atoms with van der Waals surface area (Å²) in [7, 11) is 0. The highest BCUT2D eigenvalue weighted by atomic mass is 35.5. The summed E-state index contributed by atoms with van der Waals surface area (Å²) in [6.07, 6.45) is 3.11. The van der Waals surface area contributed by atoms with Gasteiger partial charge >= 0.3 is 0 Å². The van der Waals surface area contributed by atoms with Gasteiger partial charge in [-0.15, -0.1) is 0 Å². The number of hydrogen-bond donors (Lipinski definition) is 1. The van der Waals surface area contributed by atoms with E-state index in [9.17, 15) is 0 Å². The van der Waals surface area contributed by atoms with Crippen molar-refractivity contribution < 1.29 is 9.47 Å². The molecule has 0 bridgehead atoms. The lowest BCUT2D eigenvalue weighted by molar-refractivity contribution is 0.296. The maximum atomic E-state index is 6.50. The van der Waals surface area contributed by atoms with Gasteiger partial charge in [-0.1, -0.05) is 11.6 Å². The lowest BCUT2D eigenvalue weighted by Crippen LogP contribution is -2.32. The second kappa shape index (κ2) is 4.57. The standard InChI is InChI=1S/C15H20ClNO2/c1-9-13(15(4-5-15)10(2)17)11(16)8-12-14(9)19-7-3-6-18-12/h8,10H,3-7,17H2,1-2H3. The van der Waals surface area contributed by atoms with Gasteiger partial charge in [0.15, 0.2) is 11.5 Å². The summed E-state index contributed by atoms with van der Waals surface area (Å²) in [5.41, 5.74) is 8.47. The Labute approximate surface area is 119 Å². The molecule has 3 nitrogen and oxygen atoms in total. The molecule has 0 amide bonds. The van der Waals surface area contributed by atoms with E-state index in [0.717, 1.165) is 46.9 Å². The summed E-state index contributed by atoms with van der Waals surface area (Å²) in [6.45, 7) is 5.50. The molecule has 1 aliphatic heterocycles. The Bertz CT molecular complexity index is 509. The van der Waals surface area contributed by atoms with Gasteiger partial charge in [-0.2, -0.15) is 0 Å². The summed E-state index contributed by atoms with van der Waals surface area (Å²) < 4.78 is 11.6. The van der Waals surface area contributed by atoms with Crippen LogP contribution in [0.4, 0.5) is 0 Å². The molecule has 0 spiro atoms. The molecule has 1 unspecified atom stereocenters. The Kier molecular flexibility index (Phi) is 3.14. The molecule has 1 aromatic carbocycles. The highest BCUT2D eigenvalue weighted by Gasteiger charge is 2.50. The van der Waals surface area contributed by atoms with Gasteiger partial charge in [0, 0.05) is 34.5 Å². The Morgan fingerprint density at radius 2 is 2.00 bits per heavy atom. The van der Waals surface area contributed by atoms with Crippen LogP contribution in [0.15, 0.2) is 6.07 Å². The van der Waals surface area contributed by atoms with Crippen LogP contribution in [0.5, 0.6) is 11.5 Å². The third kappa shape index (κ3) is 2.00. The van der Waals surface area contributed by atoms with E-state index in [0.29, 0.717) is 13.2 Å². The molecule has 2 N–H and O–H groups in total. The summed E-state index contributed by atoms with van der Waals surface area (Å²) in [6, 6.07) is 2.00. The van der Waals surface area contributed by atoms with Crippen LogP contribution in [0, 0.1) is 6.92 Å². The topological polar surface area (TPSA) is 44.5 Å². The maximum Gasteiger partial charge on any atom is 0.164 e. The Morgan fingerprint density at radius 3 is 2.63 bits per heavy atom. The van der Waals surface area contributed by atoms with Crippen LogP contribution < -0.4 is 15.2 Å². The van der Waals surface area contributed by atoms with Gasteiger partial charge in [-0.3, -0.25) is 0 Å². The molecule has 1 atom stereocenters. The highest BCUT2D eigenvalue weighted by Crippen LogP contribution is 2.56. The van der Waals surface area contributed by atoms with Crippen molar-refractivity contribution in [2.45, 2.75) is 44.6 Å². The van der Waals surface area contributed by atoms with Gasteiger partial charge in [0.1, 0.15) is 0 Å². The zero-order valence-corrected chi connectivity index (χ0v) is 12.2. The minimum Gasteiger partial charge on any atom is -0.489 e. The number of hydrogen-bond acceptors (Lipinski definition) is 3. The summed E-state index contributed by atoms with van der Waals surface area (Å²) in [5, 5.41) is 0.761. The van der Waals surface area contributed by atoms with Crippen LogP contribution >= 0.6 is 11.6 Å².